The van der Waals surface area contributed by atoms with Gasteiger partial charge in [0.25, 0.3) is 0 Å². The first kappa shape index (κ1) is 15.0. The SMILES string of the molecule is CCOCCNC(=O)NC(C)(C(=O)O)c1ccco1. The van der Waals surface area contributed by atoms with Crippen LogP contribution >= 0.6 is 0 Å². The number of amides is 2. The number of rotatable bonds is 7. The highest BCUT2D eigenvalue weighted by atomic mass is 16.5. The van der Waals surface area contributed by atoms with E-state index in [-0.39, 0.29) is 5.76 Å². The number of aliphatic carboxylic acids is 1. The highest BCUT2D eigenvalue weighted by Crippen LogP contribution is 2.21. The second kappa shape index (κ2) is 6.79. The largest absolute Gasteiger partial charge is 0.479 e. The van der Waals surface area contributed by atoms with Crippen molar-refractivity contribution in [2.24, 2.45) is 0 Å². The van der Waals surface area contributed by atoms with Crippen molar-refractivity contribution in [3.63, 3.8) is 0 Å². The van der Waals surface area contributed by atoms with Crippen LogP contribution < -0.4 is 10.6 Å². The summed E-state index contributed by atoms with van der Waals surface area (Å²) in [5, 5.41) is 14.1. The molecule has 0 aliphatic rings. The Hall–Kier alpha value is -2.02. The lowest BCUT2D eigenvalue weighted by atomic mass is 9.99. The van der Waals surface area contributed by atoms with E-state index in [0.717, 1.165) is 0 Å². The summed E-state index contributed by atoms with van der Waals surface area (Å²) in [7, 11) is 0. The monoisotopic (exact) mass is 270 g/mol. The van der Waals surface area contributed by atoms with Gasteiger partial charge in [-0.15, -0.1) is 0 Å². The lowest BCUT2D eigenvalue weighted by Crippen LogP contribution is -2.53. The fourth-order valence-corrected chi connectivity index (χ4v) is 1.44. The number of ether oxygens (including phenoxy) is 1. The van der Waals surface area contributed by atoms with Gasteiger partial charge in [0.1, 0.15) is 5.76 Å². The molecule has 7 heteroatoms. The van der Waals surface area contributed by atoms with Crippen LogP contribution in [-0.2, 0) is 15.1 Å². The number of carboxylic acid groups (broad SMARTS) is 1. The van der Waals surface area contributed by atoms with Gasteiger partial charge in [-0.2, -0.15) is 0 Å². The molecule has 0 spiro atoms. The van der Waals surface area contributed by atoms with Gasteiger partial charge in [0.05, 0.1) is 12.9 Å². The molecule has 1 atom stereocenters. The molecule has 1 aromatic heterocycles. The lowest BCUT2D eigenvalue weighted by Gasteiger charge is -2.24. The Kier molecular flexibility index (Phi) is 5.37. The van der Waals surface area contributed by atoms with Gasteiger partial charge in [-0.1, -0.05) is 0 Å². The maximum absolute atomic E-state index is 11.6. The summed E-state index contributed by atoms with van der Waals surface area (Å²) in [6.45, 7) is 4.43. The molecule has 1 unspecified atom stereocenters. The highest BCUT2D eigenvalue weighted by Gasteiger charge is 2.39. The molecule has 2 amide bonds. The van der Waals surface area contributed by atoms with Crippen molar-refractivity contribution >= 4 is 12.0 Å². The fourth-order valence-electron chi connectivity index (χ4n) is 1.44. The number of hydrogen-bond donors (Lipinski definition) is 3. The standard InChI is InChI=1S/C12H18N2O5/c1-3-18-8-6-13-11(17)14-12(2,10(15)16)9-5-4-7-19-9/h4-5,7H,3,6,8H2,1-2H3,(H,15,16)(H2,13,14,17). The van der Waals surface area contributed by atoms with E-state index in [0.29, 0.717) is 19.8 Å². The van der Waals surface area contributed by atoms with Crippen molar-refractivity contribution in [3.05, 3.63) is 24.2 Å². The molecule has 0 fully saturated rings. The molecule has 0 aliphatic heterocycles. The minimum atomic E-state index is -1.61. The second-order valence-corrected chi connectivity index (χ2v) is 3.99. The lowest BCUT2D eigenvalue weighted by molar-refractivity contribution is -0.144. The van der Waals surface area contributed by atoms with E-state index >= 15 is 0 Å². The van der Waals surface area contributed by atoms with Crippen molar-refractivity contribution in [2.75, 3.05) is 19.8 Å². The summed E-state index contributed by atoms with van der Waals surface area (Å²) in [6.07, 6.45) is 1.35. The minimum Gasteiger partial charge on any atom is -0.479 e. The first-order valence-electron chi connectivity index (χ1n) is 5.92. The van der Waals surface area contributed by atoms with Gasteiger partial charge in [0, 0.05) is 13.2 Å². The van der Waals surface area contributed by atoms with Crippen LogP contribution in [-0.4, -0.2) is 36.9 Å². The van der Waals surface area contributed by atoms with Crippen LogP contribution in [0.1, 0.15) is 19.6 Å². The van der Waals surface area contributed by atoms with Crippen molar-refractivity contribution in [3.8, 4) is 0 Å². The summed E-state index contributed by atoms with van der Waals surface area (Å²) >= 11 is 0. The number of hydrogen-bond acceptors (Lipinski definition) is 4. The molecule has 0 aromatic carbocycles. The predicted octanol–water partition coefficient (Wildman–Crippen LogP) is 0.915. The normalized spacial score (nSPS) is 13.6. The van der Waals surface area contributed by atoms with Gasteiger partial charge in [-0.05, 0) is 26.0 Å². The van der Waals surface area contributed by atoms with Crippen LogP contribution in [0.3, 0.4) is 0 Å². The topological polar surface area (TPSA) is 101 Å². The predicted molar refractivity (Wildman–Crippen MR) is 66.7 cm³/mol. The Morgan fingerprint density at radius 2 is 2.26 bits per heavy atom. The molecule has 7 nitrogen and oxygen atoms in total. The van der Waals surface area contributed by atoms with Gasteiger partial charge in [-0.25, -0.2) is 9.59 Å². The van der Waals surface area contributed by atoms with Gasteiger partial charge in [0.2, 0.25) is 0 Å². The molecular formula is C12H18N2O5. The van der Waals surface area contributed by atoms with E-state index in [1.807, 2.05) is 6.92 Å². The third-order valence-corrected chi connectivity index (χ3v) is 2.54. The molecule has 19 heavy (non-hydrogen) atoms. The number of carbonyl (C=O) groups is 2. The zero-order valence-electron chi connectivity index (χ0n) is 10.9. The van der Waals surface area contributed by atoms with Crippen LogP contribution in [0.5, 0.6) is 0 Å². The molecule has 0 saturated carbocycles. The Morgan fingerprint density at radius 1 is 1.53 bits per heavy atom. The fraction of sp³-hybridized carbons (Fsp3) is 0.500. The molecular weight excluding hydrogens is 252 g/mol. The Bertz CT molecular complexity index is 418. The van der Waals surface area contributed by atoms with Gasteiger partial charge in [0.15, 0.2) is 5.54 Å². The maximum atomic E-state index is 11.6. The van der Waals surface area contributed by atoms with E-state index in [9.17, 15) is 14.7 Å². The van der Waals surface area contributed by atoms with E-state index in [1.54, 1.807) is 6.07 Å². The van der Waals surface area contributed by atoms with Crippen LogP contribution in [0.15, 0.2) is 22.8 Å². The van der Waals surface area contributed by atoms with E-state index in [1.165, 1.54) is 19.3 Å². The molecule has 0 aliphatic carbocycles. The van der Waals surface area contributed by atoms with E-state index in [2.05, 4.69) is 10.6 Å². The van der Waals surface area contributed by atoms with Crippen LogP contribution in [0, 0.1) is 0 Å². The number of nitrogens with one attached hydrogen (secondary N) is 2. The van der Waals surface area contributed by atoms with Crippen molar-refractivity contribution in [2.45, 2.75) is 19.4 Å². The molecule has 1 heterocycles. The highest BCUT2D eigenvalue weighted by molar-refractivity contribution is 5.86. The smallest absolute Gasteiger partial charge is 0.337 e. The molecule has 0 bridgehead atoms. The Morgan fingerprint density at radius 3 is 2.79 bits per heavy atom. The summed E-state index contributed by atoms with van der Waals surface area (Å²) in [4.78, 5) is 22.9. The van der Waals surface area contributed by atoms with E-state index in [4.69, 9.17) is 9.15 Å². The third-order valence-electron chi connectivity index (χ3n) is 2.54. The third kappa shape index (κ3) is 3.99. The molecule has 3 N–H and O–H groups in total. The van der Waals surface area contributed by atoms with Crippen LogP contribution in [0.4, 0.5) is 4.79 Å². The molecule has 1 aromatic rings. The average molecular weight is 270 g/mol. The first-order valence-corrected chi connectivity index (χ1v) is 5.92. The minimum absolute atomic E-state index is 0.153. The first-order chi connectivity index (χ1) is 9.00. The van der Waals surface area contributed by atoms with Crippen molar-refractivity contribution < 1.29 is 23.8 Å². The Labute approximate surface area is 110 Å². The van der Waals surface area contributed by atoms with Crippen molar-refractivity contribution in [1.82, 2.24) is 10.6 Å². The molecule has 0 saturated heterocycles. The second-order valence-electron chi connectivity index (χ2n) is 3.99. The van der Waals surface area contributed by atoms with Gasteiger partial charge in [-0.3, -0.25) is 0 Å². The zero-order chi connectivity index (χ0) is 14.3. The molecule has 106 valence electrons. The van der Waals surface area contributed by atoms with E-state index < -0.39 is 17.5 Å². The van der Waals surface area contributed by atoms with Gasteiger partial charge >= 0.3 is 12.0 Å². The molecule has 1 rings (SSSR count). The molecule has 0 radical (unpaired) electrons. The number of carbonyl (C=O) groups excluding carboxylic acids is 1. The number of furan rings is 1. The van der Waals surface area contributed by atoms with Gasteiger partial charge < -0.3 is 24.9 Å². The average Bonchev–Trinajstić information content (AvgIpc) is 2.88. The summed E-state index contributed by atoms with van der Waals surface area (Å²) in [6, 6.07) is 2.46. The van der Waals surface area contributed by atoms with Crippen LogP contribution in [0.25, 0.3) is 0 Å². The number of urea groups is 1. The summed E-state index contributed by atoms with van der Waals surface area (Å²) in [5.74, 6) is -1.05. The van der Waals surface area contributed by atoms with Crippen molar-refractivity contribution in [1.29, 1.82) is 0 Å². The maximum Gasteiger partial charge on any atom is 0.337 e. The quantitative estimate of drug-likeness (QED) is 0.639. The Balaban J connectivity index is 2.60. The number of carboxylic acids is 1. The van der Waals surface area contributed by atoms with Crippen LogP contribution in [0.2, 0.25) is 0 Å². The summed E-state index contributed by atoms with van der Waals surface area (Å²) in [5.41, 5.74) is -1.61. The summed E-state index contributed by atoms with van der Waals surface area (Å²) < 4.78 is 10.1. The zero-order valence-corrected chi connectivity index (χ0v) is 10.9.